The Morgan fingerprint density at radius 2 is 1.91 bits per heavy atom. The van der Waals surface area contributed by atoms with E-state index in [0.717, 1.165) is 49.3 Å². The summed E-state index contributed by atoms with van der Waals surface area (Å²) in [5, 5.41) is 0.610. The molecular weight excluding hydrogens is 424 g/mol. The van der Waals surface area contributed by atoms with Crippen LogP contribution in [-0.2, 0) is 6.54 Å². The molecule has 0 atom stereocenters. The van der Waals surface area contributed by atoms with Gasteiger partial charge in [-0.3, -0.25) is 4.90 Å². The maximum absolute atomic E-state index is 12.9. The lowest BCUT2D eigenvalue weighted by molar-refractivity contribution is 0.0907. The number of amides is 2. The molecule has 2 saturated heterocycles. The normalized spacial score (nSPS) is 18.1. The Morgan fingerprint density at radius 1 is 1.12 bits per heavy atom. The SMILES string of the molecule is Cc1ccc(N2CCN(Cc3ccc(OC4CCN(CC(C)C)CC4)nc3)C2=O)c(Cl)c1. The van der Waals surface area contributed by atoms with Gasteiger partial charge in [-0.05, 0) is 48.9 Å². The number of ether oxygens (including phenoxy) is 1. The van der Waals surface area contributed by atoms with Crippen molar-refractivity contribution in [3.8, 4) is 5.88 Å². The lowest BCUT2D eigenvalue weighted by atomic mass is 10.1. The number of anilines is 1. The standard InChI is InChI=1S/C25H33ClN4O2/c1-18(2)16-28-10-8-21(9-11-28)32-24-7-5-20(15-27-24)17-29-12-13-30(25(29)31)23-6-4-19(3)14-22(23)26/h4-7,14-15,18,21H,8-13,16-17H2,1-3H3. The summed E-state index contributed by atoms with van der Waals surface area (Å²) < 4.78 is 6.11. The van der Waals surface area contributed by atoms with Crippen molar-refractivity contribution in [3.63, 3.8) is 0 Å². The van der Waals surface area contributed by atoms with Crippen LogP contribution in [0.15, 0.2) is 36.5 Å². The average Bonchev–Trinajstić information content (AvgIpc) is 3.10. The summed E-state index contributed by atoms with van der Waals surface area (Å²) >= 11 is 6.37. The summed E-state index contributed by atoms with van der Waals surface area (Å²) in [7, 11) is 0. The van der Waals surface area contributed by atoms with Crippen LogP contribution in [0.1, 0.15) is 37.8 Å². The van der Waals surface area contributed by atoms with Crippen LogP contribution in [0.25, 0.3) is 0 Å². The summed E-state index contributed by atoms with van der Waals surface area (Å²) in [6, 6.07) is 9.69. The number of aromatic nitrogens is 1. The van der Waals surface area contributed by atoms with Crippen molar-refractivity contribution >= 4 is 23.3 Å². The van der Waals surface area contributed by atoms with Crippen LogP contribution in [0.3, 0.4) is 0 Å². The molecule has 0 bridgehead atoms. The Hall–Kier alpha value is -2.31. The number of piperidine rings is 1. The van der Waals surface area contributed by atoms with Crippen molar-refractivity contribution in [1.29, 1.82) is 0 Å². The van der Waals surface area contributed by atoms with Gasteiger partial charge in [0.05, 0.1) is 10.7 Å². The number of halogens is 1. The molecule has 4 rings (SSSR count). The van der Waals surface area contributed by atoms with E-state index >= 15 is 0 Å². The number of rotatable bonds is 7. The summed E-state index contributed by atoms with van der Waals surface area (Å²) in [6.45, 7) is 11.7. The number of aryl methyl sites for hydroxylation is 1. The van der Waals surface area contributed by atoms with Crippen LogP contribution in [0, 0.1) is 12.8 Å². The third-order valence-electron chi connectivity index (χ3n) is 6.11. The molecule has 172 valence electrons. The number of carbonyl (C=O) groups excluding carboxylic acids is 1. The van der Waals surface area contributed by atoms with Gasteiger partial charge in [-0.15, -0.1) is 0 Å². The van der Waals surface area contributed by atoms with Crippen molar-refractivity contribution < 1.29 is 9.53 Å². The predicted octanol–water partition coefficient (Wildman–Crippen LogP) is 4.98. The van der Waals surface area contributed by atoms with Gasteiger partial charge in [0.15, 0.2) is 0 Å². The van der Waals surface area contributed by atoms with Gasteiger partial charge in [-0.25, -0.2) is 9.78 Å². The molecule has 0 aliphatic carbocycles. The van der Waals surface area contributed by atoms with E-state index in [2.05, 4.69) is 23.7 Å². The molecule has 0 radical (unpaired) electrons. The van der Waals surface area contributed by atoms with E-state index in [-0.39, 0.29) is 12.1 Å². The van der Waals surface area contributed by atoms with Crippen LogP contribution in [0.2, 0.25) is 5.02 Å². The van der Waals surface area contributed by atoms with Crippen molar-refractivity contribution in [2.75, 3.05) is 37.6 Å². The largest absolute Gasteiger partial charge is 0.474 e. The van der Waals surface area contributed by atoms with Gasteiger partial charge >= 0.3 is 6.03 Å². The van der Waals surface area contributed by atoms with E-state index in [1.165, 1.54) is 0 Å². The highest BCUT2D eigenvalue weighted by molar-refractivity contribution is 6.33. The summed E-state index contributed by atoms with van der Waals surface area (Å²) in [4.78, 5) is 23.5. The zero-order valence-electron chi connectivity index (χ0n) is 19.3. The fraction of sp³-hybridized carbons (Fsp3) is 0.520. The second kappa shape index (κ2) is 10.1. The molecule has 2 aliphatic heterocycles. The highest BCUT2D eigenvalue weighted by atomic mass is 35.5. The van der Waals surface area contributed by atoms with Gasteiger partial charge in [-0.1, -0.05) is 37.6 Å². The molecule has 0 saturated carbocycles. The van der Waals surface area contributed by atoms with E-state index in [1.54, 1.807) is 4.90 Å². The van der Waals surface area contributed by atoms with Gasteiger partial charge in [-0.2, -0.15) is 0 Å². The molecule has 0 spiro atoms. The van der Waals surface area contributed by atoms with Crippen molar-refractivity contribution in [3.05, 3.63) is 52.7 Å². The molecule has 3 heterocycles. The number of benzene rings is 1. The monoisotopic (exact) mass is 456 g/mol. The maximum atomic E-state index is 12.9. The number of hydrogen-bond acceptors (Lipinski definition) is 4. The molecule has 2 amide bonds. The number of carbonyl (C=O) groups is 1. The van der Waals surface area contributed by atoms with E-state index in [0.29, 0.717) is 36.5 Å². The van der Waals surface area contributed by atoms with Crippen molar-refractivity contribution in [1.82, 2.24) is 14.8 Å². The third kappa shape index (κ3) is 5.54. The van der Waals surface area contributed by atoms with Crippen LogP contribution >= 0.6 is 11.6 Å². The number of hydrogen-bond donors (Lipinski definition) is 0. The Morgan fingerprint density at radius 3 is 2.56 bits per heavy atom. The smallest absolute Gasteiger partial charge is 0.324 e. The molecule has 2 fully saturated rings. The Labute approximate surface area is 196 Å². The lowest BCUT2D eigenvalue weighted by Gasteiger charge is -2.32. The molecule has 2 aliphatic rings. The number of nitrogens with zero attached hydrogens (tertiary/aromatic N) is 4. The van der Waals surface area contributed by atoms with E-state index < -0.39 is 0 Å². The highest BCUT2D eigenvalue weighted by Gasteiger charge is 2.30. The van der Waals surface area contributed by atoms with Gasteiger partial charge in [0, 0.05) is 51.5 Å². The minimum absolute atomic E-state index is 0.0239. The molecule has 6 nitrogen and oxygen atoms in total. The molecule has 0 N–H and O–H groups in total. The molecular formula is C25H33ClN4O2. The predicted molar refractivity (Wildman–Crippen MR) is 129 cm³/mol. The minimum atomic E-state index is -0.0239. The number of likely N-dealkylation sites (tertiary alicyclic amines) is 1. The molecule has 1 aromatic heterocycles. The van der Waals surface area contributed by atoms with E-state index in [4.69, 9.17) is 16.3 Å². The Bertz CT molecular complexity index is 926. The minimum Gasteiger partial charge on any atom is -0.474 e. The fourth-order valence-corrected chi connectivity index (χ4v) is 4.81. The average molecular weight is 457 g/mol. The van der Waals surface area contributed by atoms with Crippen molar-refractivity contribution in [2.45, 2.75) is 46.3 Å². The molecule has 32 heavy (non-hydrogen) atoms. The van der Waals surface area contributed by atoms with Crippen LogP contribution in [0.5, 0.6) is 5.88 Å². The van der Waals surface area contributed by atoms with E-state index in [9.17, 15) is 4.79 Å². The Balaban J connectivity index is 1.29. The first-order valence-corrected chi connectivity index (χ1v) is 11.9. The van der Waals surface area contributed by atoms with Gasteiger partial charge in [0.1, 0.15) is 6.10 Å². The molecule has 7 heteroatoms. The van der Waals surface area contributed by atoms with Gasteiger partial charge < -0.3 is 14.5 Å². The maximum Gasteiger partial charge on any atom is 0.324 e. The number of pyridine rings is 1. The zero-order valence-corrected chi connectivity index (χ0v) is 20.0. The first-order valence-electron chi connectivity index (χ1n) is 11.6. The van der Waals surface area contributed by atoms with Crippen LogP contribution in [-0.4, -0.2) is 59.6 Å². The van der Waals surface area contributed by atoms with Crippen LogP contribution < -0.4 is 9.64 Å². The molecule has 0 unspecified atom stereocenters. The summed E-state index contributed by atoms with van der Waals surface area (Å²) in [5.41, 5.74) is 2.84. The third-order valence-corrected chi connectivity index (χ3v) is 6.41. The first kappa shape index (κ1) is 22.9. The molecule has 2 aromatic rings. The van der Waals surface area contributed by atoms with E-state index in [1.807, 2.05) is 48.4 Å². The first-order chi connectivity index (χ1) is 15.4. The fourth-order valence-electron chi connectivity index (χ4n) is 4.48. The van der Waals surface area contributed by atoms with Crippen LogP contribution in [0.4, 0.5) is 10.5 Å². The summed E-state index contributed by atoms with van der Waals surface area (Å²) in [5.74, 6) is 1.36. The van der Waals surface area contributed by atoms with Crippen molar-refractivity contribution in [2.24, 2.45) is 5.92 Å². The van der Waals surface area contributed by atoms with Gasteiger partial charge in [0.2, 0.25) is 5.88 Å². The zero-order chi connectivity index (χ0) is 22.7. The molecule has 1 aromatic carbocycles. The van der Waals surface area contributed by atoms with Gasteiger partial charge in [0.25, 0.3) is 0 Å². The number of urea groups is 1. The quantitative estimate of drug-likeness (QED) is 0.589. The Kier molecular flexibility index (Phi) is 7.21. The second-order valence-electron chi connectivity index (χ2n) is 9.33. The highest BCUT2D eigenvalue weighted by Crippen LogP contribution is 2.30. The topological polar surface area (TPSA) is 48.9 Å². The summed E-state index contributed by atoms with van der Waals surface area (Å²) in [6.07, 6.45) is 4.12. The second-order valence-corrected chi connectivity index (χ2v) is 9.73. The lowest BCUT2D eigenvalue weighted by Crippen LogP contribution is -2.40.